The Kier molecular flexibility index (Phi) is 8.79. The standard InChI is InChI=1S/C15H26N2.C6H18NSi2.Li/c1-3-7-16-11-13-9-12(14(16)5-1)10-17-8-4-2-6-15(13)17;1-8(2,3)7-9(4,5)6;/h12-15H,1-11H2;1-6H3;/q;-1;+1/t12-,13-,14-,15+;;/m0../s1. The summed E-state index contributed by atoms with van der Waals surface area (Å²) < 4.78 is 4.82. The third kappa shape index (κ3) is 6.98. The molecule has 4 rings (SSSR count). The van der Waals surface area contributed by atoms with Crippen molar-refractivity contribution in [1.29, 1.82) is 0 Å². The normalized spacial score (nSPS) is 34.4. The van der Waals surface area contributed by atoms with Crippen molar-refractivity contribution in [2.45, 2.75) is 96.3 Å². The molecule has 0 radical (unpaired) electrons. The van der Waals surface area contributed by atoms with Crippen LogP contribution >= 0.6 is 0 Å². The van der Waals surface area contributed by atoms with Crippen molar-refractivity contribution in [3.05, 3.63) is 4.65 Å². The maximum atomic E-state index is 4.82. The summed E-state index contributed by atoms with van der Waals surface area (Å²) in [6.07, 6.45) is 10.5. The molecule has 0 N–H and O–H groups in total. The molecule has 0 aromatic heterocycles. The second kappa shape index (κ2) is 9.81. The van der Waals surface area contributed by atoms with Gasteiger partial charge in [-0.25, -0.2) is 0 Å². The van der Waals surface area contributed by atoms with E-state index in [1.54, 1.807) is 6.42 Å². The first-order chi connectivity index (χ1) is 12.1. The Bertz CT molecular complexity index is 423. The molecule has 4 aliphatic heterocycles. The van der Waals surface area contributed by atoms with Crippen LogP contribution in [0.15, 0.2) is 0 Å². The molecular weight excluding hydrogens is 357 g/mol. The van der Waals surface area contributed by atoms with E-state index in [9.17, 15) is 0 Å². The number of piperidine rings is 4. The summed E-state index contributed by atoms with van der Waals surface area (Å²) in [6, 6.07) is 1.92. The van der Waals surface area contributed by atoms with Crippen LogP contribution in [0.5, 0.6) is 0 Å². The van der Waals surface area contributed by atoms with E-state index in [1.807, 2.05) is 0 Å². The second-order valence-corrected chi connectivity index (χ2v) is 20.9. The summed E-state index contributed by atoms with van der Waals surface area (Å²) in [6.45, 7) is 19.5. The van der Waals surface area contributed by atoms with E-state index < -0.39 is 16.5 Å². The van der Waals surface area contributed by atoms with Crippen LogP contribution in [0.2, 0.25) is 39.3 Å². The van der Waals surface area contributed by atoms with Crippen LogP contribution in [-0.2, 0) is 0 Å². The molecular formula is C21H44LiN3Si2. The smallest absolute Gasteiger partial charge is 0.668 e. The van der Waals surface area contributed by atoms with Crippen LogP contribution < -0.4 is 18.9 Å². The Morgan fingerprint density at radius 3 is 1.41 bits per heavy atom. The van der Waals surface area contributed by atoms with Crippen molar-refractivity contribution >= 4 is 16.5 Å². The fourth-order valence-corrected chi connectivity index (χ4v) is 14.3. The minimum atomic E-state index is -1.11. The quantitative estimate of drug-likeness (QED) is 0.662. The van der Waals surface area contributed by atoms with Gasteiger partial charge in [-0.2, -0.15) is 0 Å². The van der Waals surface area contributed by atoms with E-state index in [4.69, 9.17) is 4.65 Å². The van der Waals surface area contributed by atoms with Crippen LogP contribution in [0.3, 0.4) is 0 Å². The van der Waals surface area contributed by atoms with Gasteiger partial charge in [0.1, 0.15) is 0 Å². The van der Waals surface area contributed by atoms with Crippen LogP contribution in [0, 0.1) is 11.8 Å². The van der Waals surface area contributed by atoms with Gasteiger partial charge < -0.3 is 4.65 Å². The van der Waals surface area contributed by atoms with Crippen molar-refractivity contribution in [2.75, 3.05) is 26.2 Å². The number of hydrogen-bond acceptors (Lipinski definition) is 2. The molecule has 152 valence electrons. The maximum absolute atomic E-state index is 4.82. The topological polar surface area (TPSA) is 20.6 Å². The third-order valence-corrected chi connectivity index (χ3v) is 12.0. The Morgan fingerprint density at radius 1 is 0.667 bits per heavy atom. The molecule has 0 amide bonds. The van der Waals surface area contributed by atoms with E-state index in [1.165, 1.54) is 64.7 Å². The van der Waals surface area contributed by atoms with Gasteiger partial charge in [-0.05, 0) is 57.0 Å². The predicted molar refractivity (Wildman–Crippen MR) is 120 cm³/mol. The third-order valence-electron chi connectivity index (χ3n) is 6.63. The number of rotatable bonds is 2. The summed E-state index contributed by atoms with van der Waals surface area (Å²) in [5.74, 6) is 2.03. The molecule has 4 heterocycles. The molecule has 0 aromatic carbocycles. The largest absolute Gasteiger partial charge is 1.00 e. The first-order valence-corrected chi connectivity index (χ1v) is 18.2. The number of nitrogens with zero attached hydrogens (tertiary/aromatic N) is 3. The first-order valence-electron chi connectivity index (χ1n) is 11.3. The summed E-state index contributed by atoms with van der Waals surface area (Å²) in [5, 5.41) is 0. The molecule has 0 spiro atoms. The molecule has 4 fully saturated rings. The van der Waals surface area contributed by atoms with Crippen LogP contribution in [0.25, 0.3) is 4.65 Å². The van der Waals surface area contributed by atoms with Crippen LogP contribution in [0.1, 0.15) is 44.9 Å². The van der Waals surface area contributed by atoms with E-state index in [0.29, 0.717) is 0 Å². The molecule has 4 aliphatic rings. The molecule has 2 bridgehead atoms. The van der Waals surface area contributed by atoms with Crippen LogP contribution in [-0.4, -0.2) is 64.5 Å². The zero-order valence-corrected chi connectivity index (χ0v) is 21.4. The van der Waals surface area contributed by atoms with Gasteiger partial charge in [0.05, 0.1) is 0 Å². The SMILES string of the molecule is C1CCN2C[C@@H]3C[C@@H](CN4CCCC[C@@H]34)[C@H]2C1.C[Si](C)(C)[N-][Si](C)(C)C.[Li+]. The Hall–Kier alpha value is 0.911. The van der Waals surface area contributed by atoms with E-state index in [-0.39, 0.29) is 18.9 Å². The Balaban J connectivity index is 0.000000228. The average molecular weight is 402 g/mol. The molecule has 3 nitrogen and oxygen atoms in total. The minimum absolute atomic E-state index is 0. The molecule has 6 heteroatoms. The number of fused-ring (bicyclic) bond motifs is 6. The van der Waals surface area contributed by atoms with Crippen molar-refractivity contribution in [1.82, 2.24) is 9.80 Å². The van der Waals surface area contributed by atoms with E-state index >= 15 is 0 Å². The van der Waals surface area contributed by atoms with Crippen molar-refractivity contribution in [3.63, 3.8) is 0 Å². The number of hydrogen-bond donors (Lipinski definition) is 0. The second-order valence-electron chi connectivity index (χ2n) is 11.3. The van der Waals surface area contributed by atoms with Gasteiger partial charge in [0.15, 0.2) is 0 Å². The fraction of sp³-hybridized carbons (Fsp3) is 1.00. The van der Waals surface area contributed by atoms with Gasteiger partial charge in [-0.3, -0.25) is 9.80 Å². The van der Waals surface area contributed by atoms with Crippen molar-refractivity contribution in [2.24, 2.45) is 11.8 Å². The van der Waals surface area contributed by atoms with Crippen molar-refractivity contribution < 1.29 is 18.9 Å². The van der Waals surface area contributed by atoms with E-state index in [2.05, 4.69) is 49.1 Å². The predicted octanol–water partition coefficient (Wildman–Crippen LogP) is 2.38. The van der Waals surface area contributed by atoms with Gasteiger partial charge in [0.25, 0.3) is 0 Å². The summed E-state index contributed by atoms with van der Waals surface area (Å²) >= 11 is 0. The van der Waals surface area contributed by atoms with Crippen LogP contribution in [0.4, 0.5) is 0 Å². The van der Waals surface area contributed by atoms with Gasteiger partial charge in [0.2, 0.25) is 0 Å². The zero-order valence-electron chi connectivity index (χ0n) is 19.4. The zero-order chi connectivity index (χ0) is 18.9. The monoisotopic (exact) mass is 401 g/mol. The summed E-state index contributed by atoms with van der Waals surface area (Å²) in [5.41, 5.74) is 0. The molecule has 0 aromatic rings. The molecule has 4 saturated heterocycles. The molecule has 4 atom stereocenters. The minimum Gasteiger partial charge on any atom is -0.668 e. The summed E-state index contributed by atoms with van der Waals surface area (Å²) in [7, 11) is -2.21. The molecule has 0 saturated carbocycles. The Morgan fingerprint density at radius 2 is 1.07 bits per heavy atom. The van der Waals surface area contributed by atoms with Gasteiger partial charge in [-0.1, -0.05) is 68.6 Å². The Labute approximate surface area is 183 Å². The van der Waals surface area contributed by atoms with E-state index in [0.717, 1.165) is 23.9 Å². The molecule has 0 aliphatic carbocycles. The first kappa shape index (κ1) is 24.2. The molecule has 27 heavy (non-hydrogen) atoms. The molecule has 0 unspecified atom stereocenters. The van der Waals surface area contributed by atoms with Gasteiger partial charge in [-0.15, -0.1) is 0 Å². The van der Waals surface area contributed by atoms with Gasteiger partial charge in [0, 0.05) is 25.2 Å². The fourth-order valence-electron chi connectivity index (χ4n) is 6.26. The average Bonchev–Trinajstić information content (AvgIpc) is 2.52. The summed E-state index contributed by atoms with van der Waals surface area (Å²) in [4.78, 5) is 5.74. The van der Waals surface area contributed by atoms with Crippen molar-refractivity contribution in [3.8, 4) is 0 Å². The van der Waals surface area contributed by atoms with Gasteiger partial charge >= 0.3 is 18.9 Å². The maximum Gasteiger partial charge on any atom is 1.00 e.